The third-order valence-corrected chi connectivity index (χ3v) is 4.98. The van der Waals surface area contributed by atoms with Gasteiger partial charge in [0, 0.05) is 36.3 Å². The van der Waals surface area contributed by atoms with Crippen molar-refractivity contribution in [1.82, 2.24) is 10.6 Å². The van der Waals surface area contributed by atoms with Crippen molar-refractivity contribution in [2.24, 2.45) is 0 Å². The molecule has 0 bridgehead atoms. The van der Waals surface area contributed by atoms with Crippen molar-refractivity contribution in [3.63, 3.8) is 0 Å². The van der Waals surface area contributed by atoms with E-state index in [0.29, 0.717) is 18.0 Å². The Labute approximate surface area is 119 Å². The van der Waals surface area contributed by atoms with Gasteiger partial charge in [-0.05, 0) is 37.1 Å². The number of thiophene rings is 1. The Morgan fingerprint density at radius 1 is 1.37 bits per heavy atom. The number of amides is 1. The summed E-state index contributed by atoms with van der Waals surface area (Å²) in [6, 6.07) is 5.34. The lowest BCUT2D eigenvalue weighted by molar-refractivity contribution is -0.119. The van der Waals surface area contributed by atoms with Gasteiger partial charge in [0.1, 0.15) is 0 Å². The molecule has 1 saturated carbocycles. The average Bonchev–Trinajstić information content (AvgIpc) is 2.91. The molecule has 1 aliphatic carbocycles. The molecule has 1 aliphatic rings. The number of carbonyl (C=O) groups excluding carboxylic acids is 1. The summed E-state index contributed by atoms with van der Waals surface area (Å²) < 4.78 is 0. The van der Waals surface area contributed by atoms with E-state index in [9.17, 15) is 4.79 Å². The molecule has 1 aromatic heterocycles. The maximum Gasteiger partial charge on any atom is 0.217 e. The molecule has 3 nitrogen and oxygen atoms in total. The van der Waals surface area contributed by atoms with Gasteiger partial charge in [-0.3, -0.25) is 4.79 Å². The molecular weight excluding hydrogens is 256 g/mol. The van der Waals surface area contributed by atoms with Gasteiger partial charge in [0.2, 0.25) is 5.91 Å². The first kappa shape index (κ1) is 14.5. The minimum absolute atomic E-state index is 0.0997. The van der Waals surface area contributed by atoms with Gasteiger partial charge in [-0.25, -0.2) is 0 Å². The van der Waals surface area contributed by atoms with Crippen LogP contribution in [0.4, 0.5) is 0 Å². The van der Waals surface area contributed by atoms with Gasteiger partial charge >= 0.3 is 0 Å². The van der Waals surface area contributed by atoms with Crippen LogP contribution in [0, 0.1) is 0 Å². The van der Waals surface area contributed by atoms with Crippen molar-refractivity contribution in [1.29, 1.82) is 0 Å². The monoisotopic (exact) mass is 280 g/mol. The fourth-order valence-electron chi connectivity index (χ4n) is 2.75. The Morgan fingerprint density at radius 3 is 2.63 bits per heavy atom. The minimum Gasteiger partial charge on any atom is -0.354 e. The van der Waals surface area contributed by atoms with Crippen LogP contribution in [0.3, 0.4) is 0 Å². The highest BCUT2D eigenvalue weighted by Crippen LogP contribution is 2.22. The second kappa shape index (κ2) is 7.06. The van der Waals surface area contributed by atoms with Gasteiger partial charge < -0.3 is 10.6 Å². The molecule has 0 radical (unpaired) electrons. The Morgan fingerprint density at radius 2 is 2.05 bits per heavy atom. The molecule has 1 heterocycles. The zero-order valence-corrected chi connectivity index (χ0v) is 12.6. The van der Waals surface area contributed by atoms with Crippen LogP contribution in [0.25, 0.3) is 0 Å². The smallest absolute Gasteiger partial charge is 0.217 e. The highest BCUT2D eigenvalue weighted by atomic mass is 32.1. The summed E-state index contributed by atoms with van der Waals surface area (Å²) >= 11 is 1.84. The van der Waals surface area contributed by atoms with E-state index in [0.717, 1.165) is 19.4 Å². The van der Waals surface area contributed by atoms with E-state index in [1.807, 2.05) is 11.3 Å². The van der Waals surface area contributed by atoms with Gasteiger partial charge in [-0.2, -0.15) is 0 Å². The predicted molar refractivity (Wildman–Crippen MR) is 80.6 cm³/mol. The molecule has 0 unspecified atom stereocenters. The topological polar surface area (TPSA) is 41.1 Å². The van der Waals surface area contributed by atoms with Crippen LogP contribution < -0.4 is 10.6 Å². The molecule has 106 valence electrons. The minimum atomic E-state index is 0.0997. The molecule has 1 atom stereocenters. The van der Waals surface area contributed by atoms with Crippen molar-refractivity contribution in [3.05, 3.63) is 22.4 Å². The summed E-state index contributed by atoms with van der Waals surface area (Å²) in [5, 5.41) is 8.85. The molecule has 2 N–H and O–H groups in total. The van der Waals surface area contributed by atoms with Crippen molar-refractivity contribution in [3.8, 4) is 0 Å². The summed E-state index contributed by atoms with van der Waals surface area (Å²) in [5.74, 6) is 0.691. The van der Waals surface area contributed by atoms with Crippen molar-refractivity contribution >= 4 is 17.2 Å². The van der Waals surface area contributed by atoms with Gasteiger partial charge in [0.15, 0.2) is 0 Å². The molecule has 1 amide bonds. The molecule has 19 heavy (non-hydrogen) atoms. The summed E-state index contributed by atoms with van der Waals surface area (Å²) in [4.78, 5) is 12.5. The van der Waals surface area contributed by atoms with E-state index >= 15 is 0 Å². The summed E-state index contributed by atoms with van der Waals surface area (Å²) in [6.07, 6.45) is 4.54. The maximum absolute atomic E-state index is 11.0. The van der Waals surface area contributed by atoms with Crippen molar-refractivity contribution < 1.29 is 4.79 Å². The van der Waals surface area contributed by atoms with Crippen LogP contribution >= 0.6 is 11.3 Å². The van der Waals surface area contributed by atoms with E-state index in [1.54, 1.807) is 6.92 Å². The van der Waals surface area contributed by atoms with Crippen LogP contribution in [0.5, 0.6) is 0 Å². The quantitative estimate of drug-likeness (QED) is 0.871. The first-order valence-corrected chi connectivity index (χ1v) is 8.07. The molecular formula is C15H24N2OS. The van der Waals surface area contributed by atoms with Crippen molar-refractivity contribution in [2.75, 3.05) is 6.54 Å². The first-order chi connectivity index (χ1) is 9.15. The lowest BCUT2D eigenvalue weighted by atomic mass is 9.91. The van der Waals surface area contributed by atoms with E-state index in [-0.39, 0.29) is 5.91 Å². The van der Waals surface area contributed by atoms with Gasteiger partial charge in [-0.15, -0.1) is 11.3 Å². The summed E-state index contributed by atoms with van der Waals surface area (Å²) in [7, 11) is 0. The van der Waals surface area contributed by atoms with E-state index in [4.69, 9.17) is 0 Å². The lowest BCUT2D eigenvalue weighted by Crippen LogP contribution is -2.42. The molecule has 2 rings (SSSR count). The number of hydrogen-bond donors (Lipinski definition) is 2. The van der Waals surface area contributed by atoms with Crippen LogP contribution in [-0.2, 0) is 4.79 Å². The number of carbonyl (C=O) groups is 1. The molecule has 0 spiro atoms. The van der Waals surface area contributed by atoms with Crippen molar-refractivity contribution in [2.45, 2.75) is 57.5 Å². The molecule has 0 saturated heterocycles. The second-order valence-corrected chi connectivity index (χ2v) is 6.55. The number of nitrogens with one attached hydrogen (secondary N) is 2. The third kappa shape index (κ3) is 4.62. The zero-order chi connectivity index (χ0) is 13.7. The summed E-state index contributed by atoms with van der Waals surface area (Å²) in [5.41, 5.74) is 0. The maximum atomic E-state index is 11.0. The Hall–Kier alpha value is -0.870. The second-order valence-electron chi connectivity index (χ2n) is 5.57. The van der Waals surface area contributed by atoms with Crippen LogP contribution in [0.1, 0.15) is 50.3 Å². The fourth-order valence-corrected chi connectivity index (χ4v) is 3.53. The Balaban J connectivity index is 1.67. The van der Waals surface area contributed by atoms with E-state index in [2.05, 4.69) is 35.1 Å². The van der Waals surface area contributed by atoms with Gasteiger partial charge in [0.25, 0.3) is 0 Å². The van der Waals surface area contributed by atoms with E-state index in [1.165, 1.54) is 17.7 Å². The number of hydrogen-bond acceptors (Lipinski definition) is 3. The third-order valence-electron chi connectivity index (χ3n) is 3.88. The molecule has 1 fully saturated rings. The van der Waals surface area contributed by atoms with Crippen LogP contribution in [-0.4, -0.2) is 24.5 Å². The standard InChI is InChI=1S/C15H24N2OS/c1-11(15-4-3-9-19-15)10-16-13-5-7-14(8-6-13)17-12(2)18/h3-4,9,11,13-14,16H,5-8,10H2,1-2H3,(H,17,18)/t11-,13?,14?/m1/s1. The highest BCUT2D eigenvalue weighted by Gasteiger charge is 2.21. The lowest BCUT2D eigenvalue weighted by Gasteiger charge is -2.30. The number of rotatable bonds is 5. The first-order valence-electron chi connectivity index (χ1n) is 7.19. The van der Waals surface area contributed by atoms with Gasteiger partial charge in [-0.1, -0.05) is 13.0 Å². The van der Waals surface area contributed by atoms with Crippen LogP contribution in [0.15, 0.2) is 17.5 Å². The normalized spacial score (nSPS) is 24.9. The molecule has 0 aromatic carbocycles. The molecule has 0 aliphatic heterocycles. The fraction of sp³-hybridized carbons (Fsp3) is 0.667. The summed E-state index contributed by atoms with van der Waals surface area (Å²) in [6.45, 7) is 4.94. The van der Waals surface area contributed by atoms with Crippen LogP contribution in [0.2, 0.25) is 0 Å². The SMILES string of the molecule is CC(=O)NC1CCC(NC[C@@H](C)c2cccs2)CC1. The predicted octanol–water partition coefficient (Wildman–Crippen LogP) is 2.89. The highest BCUT2D eigenvalue weighted by molar-refractivity contribution is 7.10. The van der Waals surface area contributed by atoms with E-state index < -0.39 is 0 Å². The average molecular weight is 280 g/mol. The zero-order valence-electron chi connectivity index (χ0n) is 11.8. The Kier molecular flexibility index (Phi) is 5.40. The van der Waals surface area contributed by atoms with Gasteiger partial charge in [0.05, 0.1) is 0 Å². The largest absolute Gasteiger partial charge is 0.354 e. The molecule has 1 aromatic rings. The molecule has 4 heteroatoms. The Bertz CT molecular complexity index is 383.